The van der Waals surface area contributed by atoms with Gasteiger partial charge in [0.15, 0.2) is 0 Å². The third-order valence-electron chi connectivity index (χ3n) is 5.75. The number of benzene rings is 2. The Kier molecular flexibility index (Phi) is 5.11. The van der Waals surface area contributed by atoms with Crippen LogP contribution in [0.15, 0.2) is 58.3 Å². The largest absolute Gasteiger partial charge is 0.495 e. The number of para-hydroxylation sites is 1. The number of nitrogens with zero attached hydrogens (tertiary/aromatic N) is 1. The fourth-order valence-corrected chi connectivity index (χ4v) is 4.90. The zero-order chi connectivity index (χ0) is 21.4. The number of carbonyl (C=O) groups excluding carboxylic acids is 2. The minimum absolute atomic E-state index is 0.0884. The van der Waals surface area contributed by atoms with Crippen LogP contribution in [0.2, 0.25) is 0 Å². The van der Waals surface area contributed by atoms with Crippen LogP contribution in [0.1, 0.15) is 28.9 Å². The van der Waals surface area contributed by atoms with E-state index in [-0.39, 0.29) is 11.8 Å². The monoisotopic (exact) mass is 434 g/mol. The van der Waals surface area contributed by atoms with E-state index < -0.39 is 6.04 Å². The molecular weight excluding hydrogens is 412 g/mol. The molecule has 2 aromatic carbocycles. The minimum Gasteiger partial charge on any atom is -0.495 e. The highest BCUT2D eigenvalue weighted by Crippen LogP contribution is 2.36. The number of ether oxygens (including phenoxy) is 1. The topological polar surface area (TPSA) is 71.8 Å². The normalized spacial score (nSPS) is 16.5. The molecule has 1 aliphatic heterocycles. The summed E-state index contributed by atoms with van der Waals surface area (Å²) in [6.07, 6.45) is 2.44. The van der Waals surface area contributed by atoms with Gasteiger partial charge >= 0.3 is 0 Å². The van der Waals surface area contributed by atoms with Crippen LogP contribution in [0, 0.1) is 0 Å². The van der Waals surface area contributed by atoms with Gasteiger partial charge < -0.3 is 19.4 Å². The average Bonchev–Trinajstić information content (AvgIpc) is 3.46. The lowest BCUT2D eigenvalue weighted by Crippen LogP contribution is -2.49. The van der Waals surface area contributed by atoms with Crippen molar-refractivity contribution in [1.82, 2.24) is 4.90 Å². The van der Waals surface area contributed by atoms with Crippen LogP contribution in [-0.2, 0) is 4.79 Å². The molecule has 0 saturated carbocycles. The number of methoxy groups -OCH3 is 1. The molecule has 158 valence electrons. The Hall–Kier alpha value is -3.32. The minimum atomic E-state index is -0.514. The van der Waals surface area contributed by atoms with Gasteiger partial charge in [0.05, 0.1) is 17.7 Å². The van der Waals surface area contributed by atoms with Crippen molar-refractivity contribution in [1.29, 1.82) is 0 Å². The Bertz CT molecular complexity index is 1260. The van der Waals surface area contributed by atoms with E-state index in [1.165, 1.54) is 11.3 Å². The van der Waals surface area contributed by atoms with Gasteiger partial charge in [-0.15, -0.1) is 11.3 Å². The second-order valence-electron chi connectivity index (χ2n) is 7.62. The van der Waals surface area contributed by atoms with Crippen molar-refractivity contribution < 1.29 is 18.7 Å². The molecule has 1 fully saturated rings. The molecule has 2 amide bonds. The number of likely N-dealkylation sites (tertiary alicyclic amines) is 1. The molecule has 1 unspecified atom stereocenters. The Morgan fingerprint density at radius 2 is 1.97 bits per heavy atom. The maximum absolute atomic E-state index is 13.2. The van der Waals surface area contributed by atoms with Gasteiger partial charge in [-0.2, -0.15) is 0 Å². The van der Waals surface area contributed by atoms with E-state index in [0.29, 0.717) is 34.9 Å². The number of amides is 2. The second kappa shape index (κ2) is 8.07. The Balaban J connectivity index is 1.45. The molecule has 1 atom stereocenters. The molecule has 2 aromatic heterocycles. The number of nitrogens with one attached hydrogen (secondary N) is 1. The number of carbonyl (C=O) groups is 2. The first-order valence-corrected chi connectivity index (χ1v) is 11.2. The third kappa shape index (κ3) is 3.55. The quantitative estimate of drug-likeness (QED) is 0.474. The zero-order valence-corrected chi connectivity index (χ0v) is 17.9. The first-order chi connectivity index (χ1) is 15.2. The van der Waals surface area contributed by atoms with Gasteiger partial charge in [0, 0.05) is 23.4 Å². The van der Waals surface area contributed by atoms with Crippen LogP contribution in [0.25, 0.3) is 21.9 Å². The number of hydrogen-bond donors (Lipinski definition) is 1. The van der Waals surface area contributed by atoms with E-state index in [4.69, 9.17) is 9.15 Å². The molecule has 31 heavy (non-hydrogen) atoms. The van der Waals surface area contributed by atoms with Crippen molar-refractivity contribution in [3.8, 4) is 5.75 Å². The Morgan fingerprint density at radius 3 is 2.77 bits per heavy atom. The molecule has 1 aliphatic rings. The summed E-state index contributed by atoms with van der Waals surface area (Å²) in [4.78, 5) is 28.5. The summed E-state index contributed by atoms with van der Waals surface area (Å²) >= 11 is 1.40. The first kappa shape index (κ1) is 19.6. The van der Waals surface area contributed by atoms with Crippen molar-refractivity contribution in [3.05, 3.63) is 58.8 Å². The van der Waals surface area contributed by atoms with Crippen LogP contribution in [-0.4, -0.2) is 36.4 Å². The van der Waals surface area contributed by atoms with Crippen LogP contribution in [0.4, 0.5) is 5.69 Å². The van der Waals surface area contributed by atoms with Crippen molar-refractivity contribution in [2.75, 3.05) is 19.0 Å². The van der Waals surface area contributed by atoms with E-state index in [2.05, 4.69) is 5.32 Å². The third-order valence-corrected chi connectivity index (χ3v) is 6.61. The lowest BCUT2D eigenvalue weighted by molar-refractivity contribution is -0.121. The van der Waals surface area contributed by atoms with Gasteiger partial charge in [-0.05, 0) is 42.8 Å². The summed E-state index contributed by atoms with van der Waals surface area (Å²) in [5.41, 5.74) is 1.99. The summed E-state index contributed by atoms with van der Waals surface area (Å²) in [7, 11) is 1.58. The molecule has 7 heteroatoms. The van der Waals surface area contributed by atoms with Gasteiger partial charge in [-0.1, -0.05) is 24.3 Å². The highest BCUT2D eigenvalue weighted by atomic mass is 32.1. The van der Waals surface area contributed by atoms with Crippen molar-refractivity contribution in [2.24, 2.45) is 0 Å². The number of furan rings is 1. The second-order valence-corrected chi connectivity index (χ2v) is 8.57. The van der Waals surface area contributed by atoms with E-state index in [0.717, 1.165) is 29.2 Å². The SMILES string of the molecule is COc1cc2c(cc1NC(=O)C1CCCCN1C(=O)c1cccs1)oc1ccccc12. The molecule has 0 bridgehead atoms. The van der Waals surface area contributed by atoms with Gasteiger partial charge in [0.25, 0.3) is 5.91 Å². The van der Waals surface area contributed by atoms with Crippen LogP contribution < -0.4 is 10.1 Å². The van der Waals surface area contributed by atoms with E-state index in [1.54, 1.807) is 24.1 Å². The summed E-state index contributed by atoms with van der Waals surface area (Å²) < 4.78 is 11.5. The lowest BCUT2D eigenvalue weighted by Gasteiger charge is -2.34. The predicted octanol–water partition coefficient (Wildman–Crippen LogP) is 5.29. The van der Waals surface area contributed by atoms with Crippen molar-refractivity contribution >= 4 is 50.8 Å². The molecule has 1 saturated heterocycles. The number of hydrogen-bond acceptors (Lipinski definition) is 5. The van der Waals surface area contributed by atoms with Crippen molar-refractivity contribution in [3.63, 3.8) is 0 Å². The summed E-state index contributed by atoms with van der Waals surface area (Å²) in [5.74, 6) is 0.257. The van der Waals surface area contributed by atoms with E-state index in [1.807, 2.05) is 41.8 Å². The fourth-order valence-electron chi connectivity index (χ4n) is 4.22. The highest BCUT2D eigenvalue weighted by Gasteiger charge is 2.33. The summed E-state index contributed by atoms with van der Waals surface area (Å²) in [6, 6.07) is 14.6. The van der Waals surface area contributed by atoms with Crippen LogP contribution in [0.5, 0.6) is 5.75 Å². The Morgan fingerprint density at radius 1 is 1.10 bits per heavy atom. The average molecular weight is 435 g/mol. The molecule has 4 aromatic rings. The van der Waals surface area contributed by atoms with E-state index in [9.17, 15) is 9.59 Å². The zero-order valence-electron chi connectivity index (χ0n) is 17.1. The Labute approximate surface area is 183 Å². The number of fused-ring (bicyclic) bond motifs is 3. The fraction of sp³-hybridized carbons (Fsp3) is 0.250. The maximum Gasteiger partial charge on any atom is 0.264 e. The molecule has 0 aliphatic carbocycles. The smallest absolute Gasteiger partial charge is 0.264 e. The maximum atomic E-state index is 13.2. The number of thiophene rings is 1. The molecule has 1 N–H and O–H groups in total. The van der Waals surface area contributed by atoms with Gasteiger partial charge in [-0.25, -0.2) is 0 Å². The van der Waals surface area contributed by atoms with Crippen LogP contribution in [0.3, 0.4) is 0 Å². The number of anilines is 1. The highest BCUT2D eigenvalue weighted by molar-refractivity contribution is 7.12. The molecule has 0 radical (unpaired) electrons. The first-order valence-electron chi connectivity index (χ1n) is 10.3. The van der Waals surface area contributed by atoms with Crippen LogP contribution >= 0.6 is 11.3 Å². The standard InChI is InChI=1S/C24H22N2O4S/c1-29-21-13-16-15-7-2-3-9-19(15)30-20(16)14-17(21)25-23(27)18-8-4-5-11-26(18)24(28)22-10-6-12-31-22/h2-3,6-7,9-10,12-14,18H,4-5,8,11H2,1H3,(H,25,27). The predicted molar refractivity (Wildman–Crippen MR) is 122 cm³/mol. The molecule has 5 rings (SSSR count). The van der Waals surface area contributed by atoms with Crippen molar-refractivity contribution in [2.45, 2.75) is 25.3 Å². The van der Waals surface area contributed by atoms with E-state index >= 15 is 0 Å². The molecular formula is C24H22N2O4S. The summed E-state index contributed by atoms with van der Waals surface area (Å²) in [5, 5.41) is 6.78. The van der Waals surface area contributed by atoms with Gasteiger partial charge in [0.2, 0.25) is 5.91 Å². The molecule has 3 heterocycles. The molecule has 6 nitrogen and oxygen atoms in total. The summed E-state index contributed by atoms with van der Waals surface area (Å²) in [6.45, 7) is 0.578. The van der Waals surface area contributed by atoms with Gasteiger partial charge in [-0.3, -0.25) is 9.59 Å². The van der Waals surface area contributed by atoms with Gasteiger partial charge in [0.1, 0.15) is 23.0 Å². The number of rotatable bonds is 4. The number of piperidine rings is 1. The lowest BCUT2D eigenvalue weighted by atomic mass is 10.0. The molecule has 0 spiro atoms.